The molecule has 2 aromatic rings. The fraction of sp³-hybridized carbons (Fsp3) is 0.0625. The van der Waals surface area contributed by atoms with Gasteiger partial charge >= 0.3 is 0 Å². The molecule has 0 radical (unpaired) electrons. The molecule has 0 aliphatic carbocycles. The summed E-state index contributed by atoms with van der Waals surface area (Å²) in [5, 5.41) is 16.2. The van der Waals surface area contributed by atoms with E-state index >= 15 is 0 Å². The number of benzene rings is 2. The number of anilines is 1. The molecule has 0 spiro atoms. The van der Waals surface area contributed by atoms with E-state index in [2.05, 4.69) is 17.2 Å². The first-order chi connectivity index (χ1) is 10.1. The maximum absolute atomic E-state index is 12.0. The molecule has 0 fully saturated rings. The Hall–Kier alpha value is -2.46. The minimum Gasteiger partial charge on any atom is -0.508 e. The van der Waals surface area contributed by atoms with Gasteiger partial charge < -0.3 is 15.7 Å². The summed E-state index contributed by atoms with van der Waals surface area (Å²) in [7, 11) is 0. The lowest BCUT2D eigenvalue weighted by Gasteiger charge is -2.12. The van der Waals surface area contributed by atoms with Crippen LogP contribution < -0.4 is 10.6 Å². The van der Waals surface area contributed by atoms with Gasteiger partial charge in [-0.25, -0.2) is 0 Å². The van der Waals surface area contributed by atoms with E-state index in [4.69, 9.17) is 11.6 Å². The number of carbonyl (C=O) groups is 1. The molecule has 0 saturated carbocycles. The van der Waals surface area contributed by atoms with Crippen LogP contribution in [-0.2, 0) is 6.54 Å². The Morgan fingerprint density at radius 1 is 1.24 bits per heavy atom. The number of halogens is 1. The molecule has 0 bridgehead atoms. The van der Waals surface area contributed by atoms with Crippen LogP contribution in [0.4, 0.5) is 5.69 Å². The van der Waals surface area contributed by atoms with Crippen molar-refractivity contribution < 1.29 is 9.90 Å². The number of aromatic hydroxyl groups is 1. The highest BCUT2D eigenvalue weighted by molar-refractivity contribution is 6.31. The van der Waals surface area contributed by atoms with E-state index in [-0.39, 0.29) is 11.7 Å². The molecule has 0 saturated heterocycles. The quantitative estimate of drug-likeness (QED) is 0.814. The molecule has 2 aromatic carbocycles. The van der Waals surface area contributed by atoms with Gasteiger partial charge in [0.15, 0.2) is 0 Å². The van der Waals surface area contributed by atoms with Crippen LogP contribution in [0.5, 0.6) is 5.75 Å². The van der Waals surface area contributed by atoms with E-state index in [9.17, 15) is 9.90 Å². The number of phenols is 1. The van der Waals surface area contributed by atoms with Crippen molar-refractivity contribution in [2.45, 2.75) is 6.54 Å². The highest BCUT2D eigenvalue weighted by Crippen LogP contribution is 2.31. The van der Waals surface area contributed by atoms with E-state index in [1.807, 2.05) is 18.2 Å². The smallest absolute Gasteiger partial charge is 0.258 e. The number of rotatable bonds is 3. The van der Waals surface area contributed by atoms with Crippen LogP contribution in [0.2, 0.25) is 5.02 Å². The number of nitrogens with one attached hydrogen (secondary N) is 2. The number of fused-ring (bicyclic) bond motifs is 1. The summed E-state index contributed by atoms with van der Waals surface area (Å²) < 4.78 is 0. The molecule has 0 atom stereocenters. The standard InChI is InChI=1S/C16H13ClN2O2/c1-9-10-4-2-6-13(15(10)16(21)19-9)18-8-11-12(17)5-3-7-14(11)20/h2-7,18,20H,1,8H2,(H,19,21). The predicted octanol–water partition coefficient (Wildman–Crippen LogP) is 3.37. The van der Waals surface area contributed by atoms with E-state index in [0.717, 1.165) is 5.56 Å². The predicted molar refractivity (Wildman–Crippen MR) is 83.4 cm³/mol. The fourth-order valence-corrected chi connectivity index (χ4v) is 2.60. The van der Waals surface area contributed by atoms with Crippen molar-refractivity contribution in [3.63, 3.8) is 0 Å². The lowest BCUT2D eigenvalue weighted by molar-refractivity contribution is 0.0982. The number of hydrogen-bond donors (Lipinski definition) is 3. The molecule has 1 amide bonds. The largest absolute Gasteiger partial charge is 0.508 e. The van der Waals surface area contributed by atoms with Gasteiger partial charge in [0, 0.05) is 34.1 Å². The molecule has 0 aromatic heterocycles. The third-order valence-corrected chi connectivity index (χ3v) is 3.78. The highest BCUT2D eigenvalue weighted by Gasteiger charge is 2.25. The summed E-state index contributed by atoms with van der Waals surface area (Å²) in [6.07, 6.45) is 0. The van der Waals surface area contributed by atoms with Crippen molar-refractivity contribution in [3.05, 3.63) is 64.7 Å². The van der Waals surface area contributed by atoms with Crippen molar-refractivity contribution in [2.24, 2.45) is 0 Å². The zero-order valence-electron chi connectivity index (χ0n) is 11.1. The Bertz CT molecular complexity index is 736. The molecule has 3 N–H and O–H groups in total. The number of hydrogen-bond acceptors (Lipinski definition) is 3. The van der Waals surface area contributed by atoms with Gasteiger partial charge in [0.05, 0.1) is 5.56 Å². The summed E-state index contributed by atoms with van der Waals surface area (Å²) in [6, 6.07) is 10.5. The first-order valence-electron chi connectivity index (χ1n) is 6.42. The van der Waals surface area contributed by atoms with Gasteiger partial charge in [0.25, 0.3) is 5.91 Å². The van der Waals surface area contributed by atoms with Gasteiger partial charge in [-0.3, -0.25) is 4.79 Å². The van der Waals surface area contributed by atoms with Crippen LogP contribution in [0.1, 0.15) is 21.5 Å². The minimum atomic E-state index is -0.179. The fourth-order valence-electron chi connectivity index (χ4n) is 2.37. The molecule has 0 unspecified atom stereocenters. The Labute approximate surface area is 127 Å². The lowest BCUT2D eigenvalue weighted by atomic mass is 10.1. The molecule has 1 aliphatic heterocycles. The normalized spacial score (nSPS) is 13.0. The van der Waals surface area contributed by atoms with Gasteiger partial charge in [-0.2, -0.15) is 0 Å². The lowest BCUT2D eigenvalue weighted by Crippen LogP contribution is -2.13. The molecular weight excluding hydrogens is 288 g/mol. The molecule has 21 heavy (non-hydrogen) atoms. The summed E-state index contributed by atoms with van der Waals surface area (Å²) >= 11 is 6.07. The van der Waals surface area contributed by atoms with Gasteiger partial charge in [0.1, 0.15) is 5.75 Å². The molecule has 1 heterocycles. The maximum atomic E-state index is 12.0. The molecule has 1 aliphatic rings. The van der Waals surface area contributed by atoms with E-state index in [0.29, 0.717) is 34.1 Å². The van der Waals surface area contributed by atoms with Crippen LogP contribution >= 0.6 is 11.6 Å². The van der Waals surface area contributed by atoms with Crippen LogP contribution in [0.15, 0.2) is 43.0 Å². The summed E-state index contributed by atoms with van der Waals surface area (Å²) in [5.74, 6) is -0.0575. The second kappa shape index (κ2) is 5.14. The van der Waals surface area contributed by atoms with Gasteiger partial charge in [-0.05, 0) is 18.2 Å². The SMILES string of the molecule is C=C1NC(=O)c2c(NCc3c(O)cccc3Cl)cccc21. The van der Waals surface area contributed by atoms with E-state index in [1.54, 1.807) is 18.2 Å². The molecule has 3 rings (SSSR count). The zero-order chi connectivity index (χ0) is 15.0. The highest BCUT2D eigenvalue weighted by atomic mass is 35.5. The van der Waals surface area contributed by atoms with Crippen LogP contribution in [-0.4, -0.2) is 11.0 Å². The molecular formula is C16H13ClN2O2. The minimum absolute atomic E-state index is 0.122. The Morgan fingerprint density at radius 2 is 2.00 bits per heavy atom. The number of carbonyl (C=O) groups excluding carboxylic acids is 1. The average Bonchev–Trinajstić information content (AvgIpc) is 2.74. The van der Waals surface area contributed by atoms with Crippen molar-refractivity contribution in [3.8, 4) is 5.75 Å². The monoisotopic (exact) mass is 300 g/mol. The average molecular weight is 301 g/mol. The van der Waals surface area contributed by atoms with Crippen molar-refractivity contribution in [2.75, 3.05) is 5.32 Å². The van der Waals surface area contributed by atoms with E-state index < -0.39 is 0 Å². The Kier molecular flexibility index (Phi) is 3.31. The van der Waals surface area contributed by atoms with Gasteiger partial charge in [-0.15, -0.1) is 0 Å². The summed E-state index contributed by atoms with van der Waals surface area (Å²) in [5.41, 5.74) is 3.22. The van der Waals surface area contributed by atoms with Crippen LogP contribution in [0.3, 0.4) is 0 Å². The Balaban J connectivity index is 1.91. The molecule has 4 nitrogen and oxygen atoms in total. The van der Waals surface area contributed by atoms with Gasteiger partial charge in [-0.1, -0.05) is 36.4 Å². The van der Waals surface area contributed by atoms with Crippen molar-refractivity contribution in [1.82, 2.24) is 5.32 Å². The van der Waals surface area contributed by atoms with Crippen molar-refractivity contribution >= 4 is 28.9 Å². The number of amides is 1. The Morgan fingerprint density at radius 3 is 2.76 bits per heavy atom. The third-order valence-electron chi connectivity index (χ3n) is 3.43. The third kappa shape index (κ3) is 2.34. The summed E-state index contributed by atoms with van der Waals surface area (Å²) in [6.45, 7) is 4.13. The molecule has 106 valence electrons. The first-order valence-corrected chi connectivity index (χ1v) is 6.79. The number of phenolic OH excluding ortho intramolecular Hbond substituents is 1. The second-order valence-electron chi connectivity index (χ2n) is 4.75. The second-order valence-corrected chi connectivity index (χ2v) is 5.16. The van der Waals surface area contributed by atoms with E-state index in [1.165, 1.54) is 0 Å². The maximum Gasteiger partial charge on any atom is 0.258 e. The molecule has 5 heteroatoms. The zero-order valence-corrected chi connectivity index (χ0v) is 11.9. The van der Waals surface area contributed by atoms with Crippen LogP contribution in [0.25, 0.3) is 5.70 Å². The summed E-state index contributed by atoms with van der Waals surface area (Å²) in [4.78, 5) is 12.0. The van der Waals surface area contributed by atoms with Gasteiger partial charge in [0.2, 0.25) is 0 Å². The van der Waals surface area contributed by atoms with Crippen LogP contribution in [0, 0.1) is 0 Å². The first kappa shape index (κ1) is 13.5. The topological polar surface area (TPSA) is 61.4 Å². The van der Waals surface area contributed by atoms with Crippen molar-refractivity contribution in [1.29, 1.82) is 0 Å².